The van der Waals surface area contributed by atoms with E-state index >= 15 is 0 Å². The summed E-state index contributed by atoms with van der Waals surface area (Å²) in [5, 5.41) is 11.8. The van der Waals surface area contributed by atoms with Crippen molar-refractivity contribution in [3.8, 4) is 0 Å². The third kappa shape index (κ3) is 3.62. The summed E-state index contributed by atoms with van der Waals surface area (Å²) >= 11 is 0. The molecule has 6 nitrogen and oxygen atoms in total. The number of carboxylic acid groups (broad SMARTS) is 1. The lowest BCUT2D eigenvalue weighted by molar-refractivity contribution is -0.116. The average molecular weight is 287 g/mol. The van der Waals surface area contributed by atoms with Gasteiger partial charge in [-0.15, -0.1) is 0 Å². The van der Waals surface area contributed by atoms with E-state index in [1.165, 1.54) is 10.6 Å². The number of nitrogens with zero attached hydrogens (tertiary/aromatic N) is 2. The predicted molar refractivity (Wildman–Crippen MR) is 80.8 cm³/mol. The van der Waals surface area contributed by atoms with Gasteiger partial charge in [0.25, 0.3) is 0 Å². The van der Waals surface area contributed by atoms with Crippen LogP contribution < -0.4 is 10.2 Å². The molecule has 0 unspecified atom stereocenters. The molecule has 0 radical (unpaired) electrons. The Morgan fingerprint density at radius 2 is 2.00 bits per heavy atom. The Kier molecular flexibility index (Phi) is 4.27. The lowest BCUT2D eigenvalue weighted by Crippen LogP contribution is -2.21. The van der Waals surface area contributed by atoms with Gasteiger partial charge in [-0.25, -0.2) is 4.79 Å². The number of hydrogen-bond acceptors (Lipinski definition) is 3. The maximum Gasteiger partial charge on any atom is 0.352 e. The maximum absolute atomic E-state index is 12.0. The van der Waals surface area contributed by atoms with Crippen molar-refractivity contribution in [2.24, 2.45) is 0 Å². The number of nitrogens with one attached hydrogen (secondary N) is 1. The monoisotopic (exact) mass is 287 g/mol. The van der Waals surface area contributed by atoms with Crippen molar-refractivity contribution < 1.29 is 14.7 Å². The molecule has 1 amide bonds. The van der Waals surface area contributed by atoms with E-state index in [0.29, 0.717) is 5.69 Å². The summed E-state index contributed by atoms with van der Waals surface area (Å²) in [6.45, 7) is -0.0408. The van der Waals surface area contributed by atoms with Crippen molar-refractivity contribution in [3.63, 3.8) is 0 Å². The van der Waals surface area contributed by atoms with Crippen molar-refractivity contribution in [2.75, 3.05) is 24.3 Å². The number of carboxylic acids is 1. The molecule has 2 aromatic rings. The fourth-order valence-electron chi connectivity index (χ4n) is 1.96. The Balaban J connectivity index is 2.06. The zero-order valence-corrected chi connectivity index (χ0v) is 11.9. The maximum atomic E-state index is 12.0. The number of rotatable bonds is 5. The molecule has 0 spiro atoms. The molecule has 0 fully saturated rings. The summed E-state index contributed by atoms with van der Waals surface area (Å²) in [6, 6.07) is 10.5. The SMILES string of the molecule is CN(C)c1cccc(NC(=O)Cn2cccc2C(=O)O)c1. The van der Waals surface area contributed by atoms with Crippen LogP contribution in [0.5, 0.6) is 0 Å². The van der Waals surface area contributed by atoms with Crippen molar-refractivity contribution in [2.45, 2.75) is 6.54 Å². The molecule has 21 heavy (non-hydrogen) atoms. The number of anilines is 2. The van der Waals surface area contributed by atoms with E-state index in [9.17, 15) is 9.59 Å². The first kappa shape index (κ1) is 14.6. The van der Waals surface area contributed by atoms with E-state index < -0.39 is 5.97 Å². The molecule has 0 saturated heterocycles. The minimum Gasteiger partial charge on any atom is -0.477 e. The van der Waals surface area contributed by atoms with Gasteiger partial charge < -0.3 is 19.9 Å². The molecule has 6 heteroatoms. The number of amides is 1. The fourth-order valence-corrected chi connectivity index (χ4v) is 1.96. The lowest BCUT2D eigenvalue weighted by Gasteiger charge is -2.14. The molecule has 0 aliphatic carbocycles. The van der Waals surface area contributed by atoms with Crippen LogP contribution in [0.4, 0.5) is 11.4 Å². The number of hydrogen-bond donors (Lipinski definition) is 2. The topological polar surface area (TPSA) is 74.6 Å². The van der Waals surface area contributed by atoms with Gasteiger partial charge in [-0.1, -0.05) is 6.07 Å². The largest absolute Gasteiger partial charge is 0.477 e. The van der Waals surface area contributed by atoms with E-state index in [4.69, 9.17) is 5.11 Å². The van der Waals surface area contributed by atoms with Crippen LogP contribution in [0.25, 0.3) is 0 Å². The first-order valence-electron chi connectivity index (χ1n) is 6.43. The molecule has 2 rings (SSSR count). The second kappa shape index (κ2) is 6.13. The van der Waals surface area contributed by atoms with E-state index in [1.807, 2.05) is 37.2 Å². The first-order chi connectivity index (χ1) is 9.97. The minimum absolute atomic E-state index is 0.0408. The third-order valence-electron chi connectivity index (χ3n) is 3.01. The lowest BCUT2D eigenvalue weighted by atomic mass is 10.2. The summed E-state index contributed by atoms with van der Waals surface area (Å²) < 4.78 is 1.40. The van der Waals surface area contributed by atoms with Crippen molar-refractivity contribution in [1.29, 1.82) is 0 Å². The van der Waals surface area contributed by atoms with Gasteiger partial charge in [-0.05, 0) is 30.3 Å². The molecular weight excluding hydrogens is 270 g/mol. The van der Waals surface area contributed by atoms with Gasteiger partial charge in [0.05, 0.1) is 0 Å². The normalized spacial score (nSPS) is 10.2. The Bertz CT molecular complexity index is 662. The number of aromatic nitrogens is 1. The number of carbonyl (C=O) groups is 2. The highest BCUT2D eigenvalue weighted by Gasteiger charge is 2.11. The molecule has 2 N–H and O–H groups in total. The summed E-state index contributed by atoms with van der Waals surface area (Å²) in [6.07, 6.45) is 1.57. The van der Waals surface area contributed by atoms with Crippen LogP contribution in [0.1, 0.15) is 10.5 Å². The fraction of sp³-hybridized carbons (Fsp3) is 0.200. The second-order valence-electron chi connectivity index (χ2n) is 4.82. The molecule has 0 atom stereocenters. The quantitative estimate of drug-likeness (QED) is 0.880. The number of carbonyl (C=O) groups excluding carboxylic acids is 1. The molecular formula is C15H17N3O3. The van der Waals surface area contributed by atoms with Crippen LogP contribution in [-0.4, -0.2) is 35.6 Å². The van der Waals surface area contributed by atoms with Crippen molar-refractivity contribution in [1.82, 2.24) is 4.57 Å². The van der Waals surface area contributed by atoms with Crippen molar-refractivity contribution in [3.05, 3.63) is 48.3 Å². The van der Waals surface area contributed by atoms with Gasteiger partial charge in [0.1, 0.15) is 12.2 Å². The highest BCUT2D eigenvalue weighted by Crippen LogP contribution is 2.17. The predicted octanol–water partition coefficient (Wildman–Crippen LogP) is 1.89. The Labute approximate surface area is 122 Å². The standard InChI is InChI=1S/C15H17N3O3/c1-17(2)12-6-3-5-11(9-12)16-14(19)10-18-8-4-7-13(18)15(20)21/h3-9H,10H2,1-2H3,(H,16,19)(H,20,21). The van der Waals surface area contributed by atoms with Gasteiger partial charge in [0.15, 0.2) is 0 Å². The van der Waals surface area contributed by atoms with Gasteiger partial charge in [-0.3, -0.25) is 4.79 Å². The zero-order chi connectivity index (χ0) is 15.4. The first-order valence-corrected chi connectivity index (χ1v) is 6.43. The summed E-state index contributed by atoms with van der Waals surface area (Å²) in [7, 11) is 3.83. The summed E-state index contributed by atoms with van der Waals surface area (Å²) in [5.74, 6) is -1.33. The Morgan fingerprint density at radius 3 is 2.67 bits per heavy atom. The van der Waals surface area contributed by atoms with Gasteiger partial charge in [0.2, 0.25) is 5.91 Å². The van der Waals surface area contributed by atoms with Crippen LogP contribution in [-0.2, 0) is 11.3 Å². The van der Waals surface area contributed by atoms with E-state index in [-0.39, 0.29) is 18.1 Å². The summed E-state index contributed by atoms with van der Waals surface area (Å²) in [5.41, 5.74) is 1.74. The molecule has 0 aliphatic rings. The molecule has 110 valence electrons. The Hall–Kier alpha value is -2.76. The number of aromatic carboxylic acids is 1. The van der Waals surface area contributed by atoms with E-state index in [2.05, 4.69) is 5.32 Å². The molecule has 1 aromatic carbocycles. The molecule has 1 aromatic heterocycles. The Morgan fingerprint density at radius 1 is 1.24 bits per heavy atom. The number of benzene rings is 1. The van der Waals surface area contributed by atoms with Crippen LogP contribution in [0.2, 0.25) is 0 Å². The average Bonchev–Trinajstić information content (AvgIpc) is 2.87. The van der Waals surface area contributed by atoms with E-state index in [0.717, 1.165) is 5.69 Å². The van der Waals surface area contributed by atoms with Crippen LogP contribution in [0, 0.1) is 0 Å². The highest BCUT2D eigenvalue weighted by molar-refractivity contribution is 5.92. The van der Waals surface area contributed by atoms with Gasteiger partial charge >= 0.3 is 5.97 Å². The summed E-state index contributed by atoms with van der Waals surface area (Å²) in [4.78, 5) is 24.9. The van der Waals surface area contributed by atoms with Crippen LogP contribution >= 0.6 is 0 Å². The zero-order valence-electron chi connectivity index (χ0n) is 11.9. The van der Waals surface area contributed by atoms with Crippen LogP contribution in [0.3, 0.4) is 0 Å². The third-order valence-corrected chi connectivity index (χ3v) is 3.01. The highest BCUT2D eigenvalue weighted by atomic mass is 16.4. The molecule has 0 bridgehead atoms. The molecule has 0 aliphatic heterocycles. The molecule has 0 saturated carbocycles. The molecule has 1 heterocycles. The van der Waals surface area contributed by atoms with E-state index in [1.54, 1.807) is 18.3 Å². The van der Waals surface area contributed by atoms with Crippen molar-refractivity contribution >= 4 is 23.3 Å². The minimum atomic E-state index is -1.05. The van der Waals surface area contributed by atoms with Crippen LogP contribution in [0.15, 0.2) is 42.6 Å². The van der Waals surface area contributed by atoms with Gasteiger partial charge in [-0.2, -0.15) is 0 Å². The van der Waals surface area contributed by atoms with Gasteiger partial charge in [0, 0.05) is 31.7 Å². The second-order valence-corrected chi connectivity index (χ2v) is 4.82. The smallest absolute Gasteiger partial charge is 0.352 e.